The summed E-state index contributed by atoms with van der Waals surface area (Å²) in [6.07, 6.45) is 6.19. The zero-order chi connectivity index (χ0) is 20.0. The maximum Gasteiger partial charge on any atom is 0.213 e. The summed E-state index contributed by atoms with van der Waals surface area (Å²) < 4.78 is 16.6. The number of methoxy groups -OCH3 is 1. The molecular formula is C21H37IN4O3. The molecule has 1 N–H and O–H groups in total. The molecule has 7 nitrogen and oxygen atoms in total. The van der Waals surface area contributed by atoms with Crippen molar-refractivity contribution >= 4 is 29.9 Å². The van der Waals surface area contributed by atoms with Gasteiger partial charge in [0.1, 0.15) is 0 Å². The molecule has 0 aliphatic carbocycles. The van der Waals surface area contributed by atoms with E-state index in [0.29, 0.717) is 25.1 Å². The van der Waals surface area contributed by atoms with Crippen LogP contribution in [0.2, 0.25) is 0 Å². The number of ether oxygens (including phenoxy) is 3. The van der Waals surface area contributed by atoms with Crippen molar-refractivity contribution in [1.82, 2.24) is 15.2 Å². The second-order valence-corrected chi connectivity index (χ2v) is 6.93. The third kappa shape index (κ3) is 9.95. The molecule has 1 saturated heterocycles. The lowest BCUT2D eigenvalue weighted by Gasteiger charge is -2.34. The van der Waals surface area contributed by atoms with E-state index in [1.54, 1.807) is 7.11 Å². The van der Waals surface area contributed by atoms with Crippen LogP contribution in [0.25, 0.3) is 0 Å². The van der Waals surface area contributed by atoms with Crippen LogP contribution in [0.1, 0.15) is 45.1 Å². The van der Waals surface area contributed by atoms with Crippen molar-refractivity contribution in [3.05, 3.63) is 23.9 Å². The van der Waals surface area contributed by atoms with Gasteiger partial charge in [-0.05, 0) is 38.2 Å². The first kappa shape index (κ1) is 25.9. The number of aromatic nitrogens is 1. The molecule has 0 radical (unpaired) electrons. The summed E-state index contributed by atoms with van der Waals surface area (Å²) in [5, 5.41) is 3.41. The Hall–Kier alpha value is -1.13. The molecule has 0 unspecified atom stereocenters. The van der Waals surface area contributed by atoms with Gasteiger partial charge in [-0.25, -0.2) is 9.98 Å². The van der Waals surface area contributed by atoms with Gasteiger partial charge >= 0.3 is 0 Å². The number of rotatable bonds is 11. The van der Waals surface area contributed by atoms with Crippen molar-refractivity contribution in [1.29, 1.82) is 0 Å². The van der Waals surface area contributed by atoms with E-state index >= 15 is 0 Å². The van der Waals surface area contributed by atoms with Gasteiger partial charge in [-0.3, -0.25) is 0 Å². The van der Waals surface area contributed by atoms with E-state index in [4.69, 9.17) is 19.2 Å². The van der Waals surface area contributed by atoms with E-state index in [9.17, 15) is 0 Å². The second-order valence-electron chi connectivity index (χ2n) is 6.93. The summed E-state index contributed by atoms with van der Waals surface area (Å²) in [6.45, 7) is 9.80. The summed E-state index contributed by atoms with van der Waals surface area (Å²) in [4.78, 5) is 11.5. The molecule has 1 fully saturated rings. The smallest absolute Gasteiger partial charge is 0.213 e. The number of likely N-dealkylation sites (tertiary alicyclic amines) is 1. The first-order valence-electron chi connectivity index (χ1n) is 10.5. The molecule has 1 aromatic rings. The van der Waals surface area contributed by atoms with Gasteiger partial charge in [-0.1, -0.05) is 13.0 Å². The third-order valence-corrected chi connectivity index (χ3v) is 4.59. The van der Waals surface area contributed by atoms with Gasteiger partial charge in [-0.15, -0.1) is 24.0 Å². The van der Waals surface area contributed by atoms with Gasteiger partial charge in [0, 0.05) is 52.2 Å². The fourth-order valence-electron chi connectivity index (χ4n) is 3.08. The topological polar surface area (TPSA) is 68.2 Å². The predicted octanol–water partition coefficient (Wildman–Crippen LogP) is 3.47. The number of hydrogen-bond donors (Lipinski definition) is 1. The molecule has 166 valence electrons. The Morgan fingerprint density at radius 3 is 2.62 bits per heavy atom. The monoisotopic (exact) mass is 520 g/mol. The SMILES string of the molecule is CCCOc1ccc(CN=C(NCC)N2CCC(OCCCOC)CC2)cn1.I. The van der Waals surface area contributed by atoms with Crippen molar-refractivity contribution in [2.45, 2.75) is 52.2 Å². The minimum atomic E-state index is 0. The van der Waals surface area contributed by atoms with Crippen LogP contribution in [0.15, 0.2) is 23.3 Å². The highest BCUT2D eigenvalue weighted by Crippen LogP contribution is 2.15. The van der Waals surface area contributed by atoms with E-state index in [0.717, 1.165) is 70.1 Å². The zero-order valence-electron chi connectivity index (χ0n) is 18.1. The van der Waals surface area contributed by atoms with Crippen LogP contribution in [0, 0.1) is 0 Å². The molecule has 0 spiro atoms. The summed E-state index contributed by atoms with van der Waals surface area (Å²) >= 11 is 0. The first-order valence-corrected chi connectivity index (χ1v) is 10.5. The molecule has 0 amide bonds. The van der Waals surface area contributed by atoms with Gasteiger partial charge in [0.2, 0.25) is 5.88 Å². The standard InChI is InChI=1S/C21H36N4O3.HI/c1-4-13-28-20-8-7-18(16-23-20)17-24-21(22-5-2)25-11-9-19(10-12-25)27-15-6-14-26-3;/h7-8,16,19H,4-6,9-15,17H2,1-3H3,(H,22,24);1H. The zero-order valence-corrected chi connectivity index (χ0v) is 20.4. The van der Waals surface area contributed by atoms with E-state index < -0.39 is 0 Å². The number of halogens is 1. The summed E-state index contributed by atoms with van der Waals surface area (Å²) in [7, 11) is 1.73. The molecular weight excluding hydrogens is 483 g/mol. The van der Waals surface area contributed by atoms with Crippen LogP contribution in [-0.4, -0.2) is 68.5 Å². The lowest BCUT2D eigenvalue weighted by molar-refractivity contribution is 0.00990. The Balaban J connectivity index is 0.00000420. The summed E-state index contributed by atoms with van der Waals surface area (Å²) in [5.74, 6) is 1.64. The Morgan fingerprint density at radius 1 is 1.21 bits per heavy atom. The number of hydrogen-bond acceptors (Lipinski definition) is 5. The number of guanidine groups is 1. The molecule has 2 rings (SSSR count). The molecule has 1 aliphatic heterocycles. The molecule has 0 atom stereocenters. The fraction of sp³-hybridized carbons (Fsp3) is 0.714. The van der Waals surface area contributed by atoms with Crippen molar-refractivity contribution < 1.29 is 14.2 Å². The van der Waals surface area contributed by atoms with E-state index in [-0.39, 0.29) is 24.0 Å². The molecule has 2 heterocycles. The Bertz CT molecular complexity index is 564. The van der Waals surface area contributed by atoms with Gasteiger partial charge in [0.25, 0.3) is 0 Å². The highest BCUT2D eigenvalue weighted by molar-refractivity contribution is 14.0. The number of nitrogens with one attached hydrogen (secondary N) is 1. The molecule has 8 heteroatoms. The summed E-state index contributed by atoms with van der Waals surface area (Å²) in [5.41, 5.74) is 1.08. The number of pyridine rings is 1. The molecule has 29 heavy (non-hydrogen) atoms. The van der Waals surface area contributed by atoms with E-state index in [2.05, 4.69) is 29.0 Å². The van der Waals surface area contributed by atoms with Crippen molar-refractivity contribution in [3.63, 3.8) is 0 Å². The quantitative estimate of drug-likeness (QED) is 0.209. The van der Waals surface area contributed by atoms with Crippen LogP contribution >= 0.6 is 24.0 Å². The Morgan fingerprint density at radius 2 is 2.00 bits per heavy atom. The van der Waals surface area contributed by atoms with Crippen LogP contribution in [-0.2, 0) is 16.0 Å². The second kappa shape index (κ2) is 15.7. The fourth-order valence-corrected chi connectivity index (χ4v) is 3.08. The molecule has 1 aromatic heterocycles. The number of aliphatic imine (C=N–C) groups is 1. The number of piperidine rings is 1. The van der Waals surface area contributed by atoms with E-state index in [1.165, 1.54) is 0 Å². The average Bonchev–Trinajstić information content (AvgIpc) is 2.74. The van der Waals surface area contributed by atoms with Crippen LogP contribution in [0.4, 0.5) is 0 Å². The largest absolute Gasteiger partial charge is 0.478 e. The van der Waals surface area contributed by atoms with Gasteiger partial charge < -0.3 is 24.4 Å². The van der Waals surface area contributed by atoms with Crippen LogP contribution in [0.3, 0.4) is 0 Å². The maximum atomic E-state index is 5.95. The lowest BCUT2D eigenvalue weighted by Crippen LogP contribution is -2.47. The van der Waals surface area contributed by atoms with Crippen LogP contribution < -0.4 is 10.1 Å². The molecule has 1 aliphatic rings. The average molecular weight is 520 g/mol. The highest BCUT2D eigenvalue weighted by Gasteiger charge is 2.21. The highest BCUT2D eigenvalue weighted by atomic mass is 127. The maximum absolute atomic E-state index is 5.95. The Labute approximate surface area is 192 Å². The van der Waals surface area contributed by atoms with Gasteiger partial charge in [0.15, 0.2) is 5.96 Å². The normalized spacial score (nSPS) is 15.1. The van der Waals surface area contributed by atoms with Crippen molar-refractivity contribution in [2.75, 3.05) is 46.6 Å². The van der Waals surface area contributed by atoms with Crippen LogP contribution in [0.5, 0.6) is 5.88 Å². The minimum absolute atomic E-state index is 0. The van der Waals surface area contributed by atoms with E-state index in [1.807, 2.05) is 18.3 Å². The molecule has 0 saturated carbocycles. The molecule has 0 aromatic carbocycles. The summed E-state index contributed by atoms with van der Waals surface area (Å²) in [6, 6.07) is 3.95. The lowest BCUT2D eigenvalue weighted by atomic mass is 10.1. The minimum Gasteiger partial charge on any atom is -0.478 e. The first-order chi connectivity index (χ1) is 13.8. The number of nitrogens with zero attached hydrogens (tertiary/aromatic N) is 3. The molecule has 0 bridgehead atoms. The van der Waals surface area contributed by atoms with Crippen molar-refractivity contribution in [2.24, 2.45) is 4.99 Å². The van der Waals surface area contributed by atoms with Gasteiger partial charge in [-0.2, -0.15) is 0 Å². The predicted molar refractivity (Wildman–Crippen MR) is 127 cm³/mol. The van der Waals surface area contributed by atoms with Gasteiger partial charge in [0.05, 0.1) is 19.3 Å². The Kier molecular flexibility index (Phi) is 14.0. The third-order valence-electron chi connectivity index (χ3n) is 4.59. The van der Waals surface area contributed by atoms with Crippen molar-refractivity contribution in [3.8, 4) is 5.88 Å².